The SMILES string of the molecule is Cc1nc(N2CCC(c3nccn3CCN(C)C)CC2)c2ccsc2n1. The molecule has 0 amide bonds. The van der Waals surface area contributed by atoms with Gasteiger partial charge in [-0.1, -0.05) is 0 Å². The third kappa shape index (κ3) is 3.46. The molecule has 7 heteroatoms. The molecule has 0 atom stereocenters. The van der Waals surface area contributed by atoms with Crippen LogP contribution in [0.1, 0.15) is 30.4 Å². The zero-order valence-corrected chi connectivity index (χ0v) is 16.5. The molecular formula is C19H26N6S. The van der Waals surface area contributed by atoms with E-state index in [4.69, 9.17) is 4.98 Å². The van der Waals surface area contributed by atoms with Crippen LogP contribution in [0.25, 0.3) is 10.2 Å². The fraction of sp³-hybridized carbons (Fsp3) is 0.526. The second-order valence-corrected chi connectivity index (χ2v) is 8.17. The van der Waals surface area contributed by atoms with Gasteiger partial charge < -0.3 is 14.4 Å². The molecule has 4 rings (SSSR count). The molecule has 6 nitrogen and oxygen atoms in total. The van der Waals surface area contributed by atoms with Gasteiger partial charge in [0.15, 0.2) is 0 Å². The average Bonchev–Trinajstić information content (AvgIpc) is 3.28. The van der Waals surface area contributed by atoms with Crippen molar-refractivity contribution in [3.8, 4) is 0 Å². The smallest absolute Gasteiger partial charge is 0.141 e. The Morgan fingerprint density at radius 3 is 2.81 bits per heavy atom. The van der Waals surface area contributed by atoms with E-state index in [1.54, 1.807) is 11.3 Å². The lowest BCUT2D eigenvalue weighted by molar-refractivity contribution is 0.372. The molecule has 1 aliphatic rings. The van der Waals surface area contributed by atoms with Crippen LogP contribution in [0.2, 0.25) is 0 Å². The minimum Gasteiger partial charge on any atom is -0.356 e. The molecule has 3 aromatic rings. The molecule has 4 heterocycles. The molecule has 0 unspecified atom stereocenters. The number of piperidine rings is 1. The second kappa shape index (κ2) is 7.32. The van der Waals surface area contributed by atoms with E-state index in [9.17, 15) is 0 Å². The van der Waals surface area contributed by atoms with E-state index >= 15 is 0 Å². The molecule has 1 aliphatic heterocycles. The predicted molar refractivity (Wildman–Crippen MR) is 107 cm³/mol. The Bertz CT molecular complexity index is 875. The van der Waals surface area contributed by atoms with Crippen molar-refractivity contribution in [3.05, 3.63) is 35.5 Å². The van der Waals surface area contributed by atoms with E-state index < -0.39 is 0 Å². The fourth-order valence-electron chi connectivity index (χ4n) is 3.71. The lowest BCUT2D eigenvalue weighted by atomic mass is 9.95. The van der Waals surface area contributed by atoms with Crippen LogP contribution in [-0.4, -0.2) is 58.1 Å². The van der Waals surface area contributed by atoms with Crippen LogP contribution in [0, 0.1) is 6.92 Å². The first-order chi connectivity index (χ1) is 12.6. The van der Waals surface area contributed by atoms with Crippen molar-refractivity contribution < 1.29 is 0 Å². The number of imidazole rings is 1. The molecule has 138 valence electrons. The van der Waals surface area contributed by atoms with E-state index in [-0.39, 0.29) is 0 Å². The molecule has 0 N–H and O–H groups in total. The largest absolute Gasteiger partial charge is 0.356 e. The van der Waals surface area contributed by atoms with Crippen molar-refractivity contribution in [2.45, 2.75) is 32.2 Å². The Balaban J connectivity index is 1.48. The van der Waals surface area contributed by atoms with Crippen molar-refractivity contribution >= 4 is 27.4 Å². The number of aryl methyl sites for hydroxylation is 1. The summed E-state index contributed by atoms with van der Waals surface area (Å²) in [5, 5.41) is 3.29. The summed E-state index contributed by atoms with van der Waals surface area (Å²) in [6, 6.07) is 2.15. The Morgan fingerprint density at radius 1 is 1.23 bits per heavy atom. The van der Waals surface area contributed by atoms with Gasteiger partial charge in [0.1, 0.15) is 22.3 Å². The summed E-state index contributed by atoms with van der Waals surface area (Å²) in [6.07, 6.45) is 6.30. The van der Waals surface area contributed by atoms with Gasteiger partial charge in [-0.05, 0) is 45.3 Å². The van der Waals surface area contributed by atoms with E-state index in [2.05, 4.69) is 56.1 Å². The minimum atomic E-state index is 0.532. The number of hydrogen-bond donors (Lipinski definition) is 0. The van der Waals surface area contributed by atoms with Crippen LogP contribution in [0.15, 0.2) is 23.8 Å². The molecule has 0 aromatic carbocycles. The maximum atomic E-state index is 4.75. The third-order valence-corrected chi connectivity index (χ3v) is 5.92. The summed E-state index contributed by atoms with van der Waals surface area (Å²) in [4.78, 5) is 19.7. The Hall–Kier alpha value is -1.99. The van der Waals surface area contributed by atoms with Gasteiger partial charge in [-0.25, -0.2) is 15.0 Å². The number of hydrogen-bond acceptors (Lipinski definition) is 6. The summed E-state index contributed by atoms with van der Waals surface area (Å²) in [5.74, 6) is 3.73. The number of rotatable bonds is 5. The van der Waals surface area contributed by atoms with Crippen LogP contribution in [0.3, 0.4) is 0 Å². The molecule has 0 saturated carbocycles. The second-order valence-electron chi connectivity index (χ2n) is 7.28. The summed E-state index contributed by atoms with van der Waals surface area (Å²) in [7, 11) is 4.23. The van der Waals surface area contributed by atoms with Crippen LogP contribution in [0.4, 0.5) is 5.82 Å². The maximum Gasteiger partial charge on any atom is 0.141 e. The summed E-state index contributed by atoms with van der Waals surface area (Å²) >= 11 is 1.69. The molecular weight excluding hydrogens is 344 g/mol. The maximum absolute atomic E-state index is 4.75. The van der Waals surface area contributed by atoms with Gasteiger partial charge in [-0.15, -0.1) is 11.3 Å². The average molecular weight is 371 g/mol. The van der Waals surface area contributed by atoms with Gasteiger partial charge in [0, 0.05) is 44.5 Å². The summed E-state index contributed by atoms with van der Waals surface area (Å²) < 4.78 is 2.33. The van der Waals surface area contributed by atoms with Crippen molar-refractivity contribution in [1.29, 1.82) is 0 Å². The first kappa shape index (κ1) is 17.4. The normalized spacial score (nSPS) is 16.1. The van der Waals surface area contributed by atoms with Crippen LogP contribution < -0.4 is 4.90 Å². The van der Waals surface area contributed by atoms with E-state index in [0.717, 1.165) is 55.5 Å². The number of aromatic nitrogens is 4. The first-order valence-corrected chi connectivity index (χ1v) is 10.1. The Morgan fingerprint density at radius 2 is 2.04 bits per heavy atom. The number of fused-ring (bicyclic) bond motifs is 1. The molecule has 1 saturated heterocycles. The van der Waals surface area contributed by atoms with E-state index in [0.29, 0.717) is 5.92 Å². The number of nitrogens with zero attached hydrogens (tertiary/aromatic N) is 6. The highest BCUT2D eigenvalue weighted by molar-refractivity contribution is 7.16. The van der Waals surface area contributed by atoms with Gasteiger partial charge in [-0.2, -0.15) is 0 Å². The third-order valence-electron chi connectivity index (χ3n) is 5.11. The van der Waals surface area contributed by atoms with Crippen LogP contribution in [0.5, 0.6) is 0 Å². The molecule has 0 spiro atoms. The minimum absolute atomic E-state index is 0.532. The monoisotopic (exact) mass is 370 g/mol. The van der Waals surface area contributed by atoms with Gasteiger partial charge >= 0.3 is 0 Å². The summed E-state index contributed by atoms with van der Waals surface area (Å²) in [5.41, 5.74) is 0. The lowest BCUT2D eigenvalue weighted by Gasteiger charge is -2.33. The Labute approximate surface area is 158 Å². The summed E-state index contributed by atoms with van der Waals surface area (Å²) in [6.45, 7) is 6.07. The molecule has 26 heavy (non-hydrogen) atoms. The Kier molecular flexibility index (Phi) is 4.91. The van der Waals surface area contributed by atoms with Gasteiger partial charge in [-0.3, -0.25) is 0 Å². The standard InChI is InChI=1S/C19H26N6S/c1-14-21-18(16-6-13-26-19(16)22-14)24-8-4-15(5-9-24)17-20-7-10-25(17)12-11-23(2)3/h6-7,10,13,15H,4-5,8-9,11-12H2,1-3H3. The van der Waals surface area contributed by atoms with E-state index in [1.807, 2.05) is 13.1 Å². The lowest BCUT2D eigenvalue weighted by Crippen LogP contribution is -2.34. The highest BCUT2D eigenvalue weighted by Gasteiger charge is 2.26. The fourth-order valence-corrected chi connectivity index (χ4v) is 4.52. The van der Waals surface area contributed by atoms with E-state index in [1.165, 1.54) is 11.2 Å². The zero-order chi connectivity index (χ0) is 18.1. The number of thiophene rings is 1. The van der Waals surface area contributed by atoms with Gasteiger partial charge in [0.25, 0.3) is 0 Å². The topological polar surface area (TPSA) is 50.1 Å². The van der Waals surface area contributed by atoms with Crippen molar-refractivity contribution in [2.24, 2.45) is 0 Å². The quantitative estimate of drug-likeness (QED) is 0.691. The number of likely N-dealkylation sites (N-methyl/N-ethyl adjacent to an activating group) is 1. The molecule has 0 bridgehead atoms. The zero-order valence-electron chi connectivity index (χ0n) is 15.7. The van der Waals surface area contributed by atoms with Gasteiger partial charge in [0.05, 0.1) is 5.39 Å². The number of anilines is 1. The van der Waals surface area contributed by atoms with Crippen LogP contribution >= 0.6 is 11.3 Å². The van der Waals surface area contributed by atoms with Gasteiger partial charge in [0.2, 0.25) is 0 Å². The molecule has 0 aliphatic carbocycles. The molecule has 0 radical (unpaired) electrons. The predicted octanol–water partition coefficient (Wildman–Crippen LogP) is 3.14. The highest BCUT2D eigenvalue weighted by atomic mass is 32.1. The van der Waals surface area contributed by atoms with Crippen molar-refractivity contribution in [3.63, 3.8) is 0 Å². The van der Waals surface area contributed by atoms with Crippen molar-refractivity contribution in [1.82, 2.24) is 24.4 Å². The first-order valence-electron chi connectivity index (χ1n) is 9.24. The van der Waals surface area contributed by atoms with Crippen molar-refractivity contribution in [2.75, 3.05) is 38.6 Å². The van der Waals surface area contributed by atoms with Crippen LogP contribution in [-0.2, 0) is 6.54 Å². The highest BCUT2D eigenvalue weighted by Crippen LogP contribution is 2.33. The molecule has 3 aromatic heterocycles. The molecule has 1 fully saturated rings.